The maximum atomic E-state index is 14.0. The third-order valence-electron chi connectivity index (χ3n) is 5.68. The lowest BCUT2D eigenvalue weighted by atomic mass is 9.72. The zero-order valence-corrected chi connectivity index (χ0v) is 14.8. The van der Waals surface area contributed by atoms with Crippen molar-refractivity contribution >= 4 is 5.91 Å². The second kappa shape index (κ2) is 7.70. The van der Waals surface area contributed by atoms with Gasteiger partial charge in [-0.1, -0.05) is 0 Å². The number of carbonyl (C=O) groups excluding carboxylic acids is 1. The van der Waals surface area contributed by atoms with Gasteiger partial charge in [-0.25, -0.2) is 4.39 Å². The number of rotatable bonds is 5. The second-order valence-corrected chi connectivity index (χ2v) is 7.27. The van der Waals surface area contributed by atoms with Crippen molar-refractivity contribution in [1.82, 2.24) is 9.80 Å². The Kier molecular flexibility index (Phi) is 5.59. The minimum atomic E-state index is -0.196. The van der Waals surface area contributed by atoms with Crippen LogP contribution in [0.3, 0.4) is 0 Å². The van der Waals surface area contributed by atoms with Crippen LogP contribution in [0, 0.1) is 11.2 Å². The van der Waals surface area contributed by atoms with E-state index in [1.165, 1.54) is 6.07 Å². The van der Waals surface area contributed by atoms with E-state index in [2.05, 4.69) is 4.90 Å². The predicted octanol–water partition coefficient (Wildman–Crippen LogP) is 2.03. The molecule has 0 saturated carbocycles. The van der Waals surface area contributed by atoms with Gasteiger partial charge in [0, 0.05) is 31.6 Å². The molecule has 2 saturated heterocycles. The number of amides is 1. The molecule has 0 aromatic heterocycles. The number of β-amino-alcohol motifs (C(OH)–C–C–N with tert-alkyl or cyclic N) is 1. The Bertz CT molecular complexity index is 615. The van der Waals surface area contributed by atoms with Crippen LogP contribution in [0.1, 0.15) is 31.2 Å². The average Bonchev–Trinajstić information content (AvgIpc) is 2.62. The molecule has 3 rings (SSSR count). The molecule has 6 heteroatoms. The number of aliphatic hydroxyl groups is 1. The molecule has 2 heterocycles. The molecule has 5 nitrogen and oxygen atoms in total. The van der Waals surface area contributed by atoms with Gasteiger partial charge in [0.25, 0.3) is 0 Å². The van der Waals surface area contributed by atoms with Gasteiger partial charge in [-0.3, -0.25) is 9.69 Å². The van der Waals surface area contributed by atoms with Crippen molar-refractivity contribution in [2.24, 2.45) is 5.41 Å². The fourth-order valence-electron chi connectivity index (χ4n) is 4.06. The van der Waals surface area contributed by atoms with E-state index in [1.54, 1.807) is 24.1 Å². The summed E-state index contributed by atoms with van der Waals surface area (Å²) in [6, 6.07) is 4.86. The molecule has 2 aliphatic heterocycles. The standard InChI is InChI=1S/C19H27FN2O3/c1-25-16-2-3-17(20)15(12-16)13-21-8-6-19(7-9-21)5-4-18(24)22(14-19)10-11-23/h2-3,12,23H,4-11,13-14H2,1H3. The van der Waals surface area contributed by atoms with Crippen molar-refractivity contribution in [2.75, 3.05) is 39.9 Å². The Morgan fingerprint density at radius 1 is 1.28 bits per heavy atom. The normalized spacial score (nSPS) is 20.9. The molecule has 0 radical (unpaired) electrons. The van der Waals surface area contributed by atoms with Crippen LogP contribution in [-0.2, 0) is 11.3 Å². The first-order valence-electron chi connectivity index (χ1n) is 8.99. The average molecular weight is 350 g/mol. The van der Waals surface area contributed by atoms with Gasteiger partial charge in [0.05, 0.1) is 13.7 Å². The van der Waals surface area contributed by atoms with Crippen molar-refractivity contribution in [3.63, 3.8) is 0 Å². The number of likely N-dealkylation sites (tertiary alicyclic amines) is 2. The van der Waals surface area contributed by atoms with Gasteiger partial charge < -0.3 is 14.7 Å². The molecule has 0 atom stereocenters. The Morgan fingerprint density at radius 2 is 2.04 bits per heavy atom. The molecule has 2 aliphatic rings. The van der Waals surface area contributed by atoms with Crippen molar-refractivity contribution in [3.05, 3.63) is 29.6 Å². The van der Waals surface area contributed by atoms with Gasteiger partial charge in [0.15, 0.2) is 0 Å². The first kappa shape index (κ1) is 18.1. The Balaban J connectivity index is 1.59. The van der Waals surface area contributed by atoms with Crippen molar-refractivity contribution < 1.29 is 19.0 Å². The third kappa shape index (κ3) is 4.12. The van der Waals surface area contributed by atoms with Crippen LogP contribution in [0.2, 0.25) is 0 Å². The summed E-state index contributed by atoms with van der Waals surface area (Å²) in [6.07, 6.45) is 3.52. The van der Waals surface area contributed by atoms with Crippen molar-refractivity contribution in [2.45, 2.75) is 32.2 Å². The van der Waals surface area contributed by atoms with Gasteiger partial charge in [-0.15, -0.1) is 0 Å². The van der Waals surface area contributed by atoms with Crippen LogP contribution < -0.4 is 4.74 Å². The number of halogens is 1. The number of aliphatic hydroxyl groups excluding tert-OH is 1. The van der Waals surface area contributed by atoms with Crippen LogP contribution in [0.25, 0.3) is 0 Å². The summed E-state index contributed by atoms with van der Waals surface area (Å²) < 4.78 is 19.2. The Hall–Kier alpha value is -1.66. The maximum Gasteiger partial charge on any atom is 0.222 e. The van der Waals surface area contributed by atoms with Gasteiger partial charge in [0.1, 0.15) is 11.6 Å². The molecule has 1 N–H and O–H groups in total. The van der Waals surface area contributed by atoms with E-state index in [0.29, 0.717) is 30.8 Å². The molecule has 0 aliphatic carbocycles. The van der Waals surface area contributed by atoms with E-state index < -0.39 is 0 Å². The lowest BCUT2D eigenvalue weighted by Crippen LogP contribution is -2.51. The minimum absolute atomic E-state index is 0.0169. The number of nitrogens with zero attached hydrogens (tertiary/aromatic N) is 2. The summed E-state index contributed by atoms with van der Waals surface area (Å²) in [5.74, 6) is 0.634. The Morgan fingerprint density at radius 3 is 2.72 bits per heavy atom. The number of carbonyl (C=O) groups is 1. The van der Waals surface area contributed by atoms with Crippen LogP contribution in [-0.4, -0.2) is 60.7 Å². The zero-order valence-electron chi connectivity index (χ0n) is 14.8. The monoisotopic (exact) mass is 350 g/mol. The van der Waals surface area contributed by atoms with Gasteiger partial charge in [0.2, 0.25) is 5.91 Å². The molecule has 1 amide bonds. The van der Waals surface area contributed by atoms with Crippen LogP contribution in [0.15, 0.2) is 18.2 Å². The molecule has 138 valence electrons. The van der Waals surface area contributed by atoms with Crippen LogP contribution in [0.5, 0.6) is 5.75 Å². The van der Waals surface area contributed by atoms with Gasteiger partial charge >= 0.3 is 0 Å². The van der Waals surface area contributed by atoms with Crippen LogP contribution >= 0.6 is 0 Å². The van der Waals surface area contributed by atoms with Crippen molar-refractivity contribution in [3.8, 4) is 5.75 Å². The number of methoxy groups -OCH3 is 1. The van der Waals surface area contributed by atoms with E-state index in [-0.39, 0.29) is 23.7 Å². The van der Waals surface area contributed by atoms with E-state index in [0.717, 1.165) is 38.9 Å². The van der Waals surface area contributed by atoms with E-state index >= 15 is 0 Å². The fourth-order valence-corrected chi connectivity index (χ4v) is 4.06. The summed E-state index contributed by atoms with van der Waals surface area (Å²) in [5, 5.41) is 9.15. The van der Waals surface area contributed by atoms with E-state index in [9.17, 15) is 9.18 Å². The Labute approximate surface area is 148 Å². The highest BCUT2D eigenvalue weighted by atomic mass is 19.1. The topological polar surface area (TPSA) is 53.0 Å². The SMILES string of the molecule is COc1ccc(F)c(CN2CCC3(CCC(=O)N(CCO)C3)CC2)c1. The number of piperidine rings is 2. The smallest absolute Gasteiger partial charge is 0.222 e. The quantitative estimate of drug-likeness (QED) is 0.883. The summed E-state index contributed by atoms with van der Waals surface area (Å²) in [7, 11) is 1.59. The highest BCUT2D eigenvalue weighted by Gasteiger charge is 2.40. The van der Waals surface area contributed by atoms with Gasteiger partial charge in [-0.2, -0.15) is 0 Å². The first-order valence-corrected chi connectivity index (χ1v) is 8.99. The lowest BCUT2D eigenvalue weighted by molar-refractivity contribution is -0.139. The molecule has 1 aromatic rings. The van der Waals surface area contributed by atoms with Crippen molar-refractivity contribution in [1.29, 1.82) is 0 Å². The maximum absolute atomic E-state index is 14.0. The highest BCUT2D eigenvalue weighted by Crippen LogP contribution is 2.40. The van der Waals surface area contributed by atoms with E-state index in [4.69, 9.17) is 9.84 Å². The van der Waals surface area contributed by atoms with E-state index in [1.807, 2.05) is 0 Å². The molecular weight excluding hydrogens is 323 g/mol. The summed E-state index contributed by atoms with van der Waals surface area (Å²) >= 11 is 0. The largest absolute Gasteiger partial charge is 0.497 e. The lowest BCUT2D eigenvalue weighted by Gasteiger charge is -2.47. The molecule has 1 spiro atoms. The molecular formula is C19H27FN2O3. The third-order valence-corrected chi connectivity index (χ3v) is 5.68. The predicted molar refractivity (Wildman–Crippen MR) is 92.8 cm³/mol. The number of hydrogen-bond acceptors (Lipinski definition) is 4. The fraction of sp³-hybridized carbons (Fsp3) is 0.632. The zero-order chi connectivity index (χ0) is 17.9. The number of benzene rings is 1. The molecule has 25 heavy (non-hydrogen) atoms. The molecule has 0 unspecified atom stereocenters. The second-order valence-electron chi connectivity index (χ2n) is 7.27. The summed E-state index contributed by atoms with van der Waals surface area (Å²) in [6.45, 7) is 3.57. The number of hydrogen-bond donors (Lipinski definition) is 1. The summed E-state index contributed by atoms with van der Waals surface area (Å²) in [4.78, 5) is 16.0. The minimum Gasteiger partial charge on any atom is -0.497 e. The number of ether oxygens (including phenoxy) is 1. The highest BCUT2D eigenvalue weighted by molar-refractivity contribution is 5.77. The first-order chi connectivity index (χ1) is 12.0. The summed E-state index contributed by atoms with van der Waals surface area (Å²) in [5.41, 5.74) is 0.822. The van der Waals surface area contributed by atoms with Gasteiger partial charge in [-0.05, 0) is 56.0 Å². The van der Waals surface area contributed by atoms with Crippen LogP contribution in [0.4, 0.5) is 4.39 Å². The molecule has 2 fully saturated rings. The molecule has 1 aromatic carbocycles. The molecule has 0 bridgehead atoms.